The van der Waals surface area contributed by atoms with Gasteiger partial charge in [-0.1, -0.05) is 53.5 Å². The molecule has 26 heavy (non-hydrogen) atoms. The van der Waals surface area contributed by atoms with Gasteiger partial charge in [-0.25, -0.2) is 4.79 Å². The molecule has 0 bridgehead atoms. The van der Waals surface area contributed by atoms with E-state index in [9.17, 15) is 9.59 Å². The Bertz CT molecular complexity index is 748. The second-order valence-electron chi connectivity index (χ2n) is 5.80. The number of benzene rings is 2. The second-order valence-corrected chi connectivity index (χ2v) is 6.67. The second kappa shape index (κ2) is 9.46. The lowest BCUT2D eigenvalue weighted by atomic mass is 10.1. The summed E-state index contributed by atoms with van der Waals surface area (Å²) in [6.07, 6.45) is 0.342. The smallest absolute Gasteiger partial charge is 0.328 e. The molecule has 0 aromatic heterocycles. The predicted octanol–water partition coefficient (Wildman–Crippen LogP) is 3.69. The van der Waals surface area contributed by atoms with Gasteiger partial charge in [-0.15, -0.1) is 0 Å². The molecule has 138 valence electrons. The molecule has 0 aliphatic heterocycles. The number of carbonyl (C=O) groups is 2. The average molecular weight is 395 g/mol. The molecule has 2 atom stereocenters. The van der Waals surface area contributed by atoms with E-state index in [4.69, 9.17) is 27.9 Å². The fourth-order valence-electron chi connectivity index (χ4n) is 2.43. The van der Waals surface area contributed by atoms with Crippen molar-refractivity contribution < 1.29 is 14.3 Å². The van der Waals surface area contributed by atoms with Crippen LogP contribution in [0.1, 0.15) is 12.5 Å². The van der Waals surface area contributed by atoms with Gasteiger partial charge in [0.25, 0.3) is 0 Å². The first kappa shape index (κ1) is 20.1. The van der Waals surface area contributed by atoms with Crippen LogP contribution in [0.15, 0.2) is 48.5 Å². The number of anilines is 1. The lowest BCUT2D eigenvalue weighted by molar-refractivity contribution is -0.145. The zero-order valence-corrected chi connectivity index (χ0v) is 16.0. The Morgan fingerprint density at radius 3 is 2.27 bits per heavy atom. The Balaban J connectivity index is 2.04. The maximum atomic E-state index is 12.5. The van der Waals surface area contributed by atoms with Crippen LogP contribution in [-0.2, 0) is 20.7 Å². The number of hydrogen-bond donors (Lipinski definition) is 2. The maximum Gasteiger partial charge on any atom is 0.328 e. The van der Waals surface area contributed by atoms with E-state index < -0.39 is 18.1 Å². The molecule has 2 aromatic carbocycles. The molecule has 0 fully saturated rings. The summed E-state index contributed by atoms with van der Waals surface area (Å²) in [6, 6.07) is 13.0. The third kappa shape index (κ3) is 5.93. The van der Waals surface area contributed by atoms with Crippen LogP contribution in [0, 0.1) is 0 Å². The van der Waals surface area contributed by atoms with Gasteiger partial charge < -0.3 is 15.4 Å². The number of halogens is 2. The van der Waals surface area contributed by atoms with Crippen molar-refractivity contribution >= 4 is 40.8 Å². The Morgan fingerprint density at radius 2 is 1.69 bits per heavy atom. The standard InChI is InChI=1S/C19H20Cl2N2O3/c1-12(22-16-10-14(20)9-15(21)11-16)18(24)23-17(19(25)26-2)8-13-6-4-3-5-7-13/h3-7,9-12,17,22H,8H2,1-2H3,(H,23,24)/t12-,17-/m0/s1. The summed E-state index contributed by atoms with van der Waals surface area (Å²) in [5.41, 5.74) is 1.54. The van der Waals surface area contributed by atoms with E-state index in [2.05, 4.69) is 10.6 Å². The summed E-state index contributed by atoms with van der Waals surface area (Å²) in [7, 11) is 1.29. The topological polar surface area (TPSA) is 67.4 Å². The van der Waals surface area contributed by atoms with Crippen LogP contribution in [-0.4, -0.2) is 31.1 Å². The highest BCUT2D eigenvalue weighted by Crippen LogP contribution is 2.23. The van der Waals surface area contributed by atoms with Crippen LogP contribution in [0.3, 0.4) is 0 Å². The monoisotopic (exact) mass is 394 g/mol. The third-order valence-corrected chi connectivity index (χ3v) is 4.16. The van der Waals surface area contributed by atoms with Gasteiger partial charge in [-0.05, 0) is 30.7 Å². The van der Waals surface area contributed by atoms with Crippen LogP contribution in [0.25, 0.3) is 0 Å². The third-order valence-electron chi connectivity index (χ3n) is 3.72. The Morgan fingerprint density at radius 1 is 1.08 bits per heavy atom. The largest absolute Gasteiger partial charge is 0.467 e. The van der Waals surface area contributed by atoms with Gasteiger partial charge in [-0.2, -0.15) is 0 Å². The fourth-order valence-corrected chi connectivity index (χ4v) is 2.96. The highest BCUT2D eigenvalue weighted by atomic mass is 35.5. The van der Waals surface area contributed by atoms with Crippen molar-refractivity contribution in [3.05, 3.63) is 64.1 Å². The number of rotatable bonds is 7. The molecule has 0 spiro atoms. The zero-order chi connectivity index (χ0) is 19.1. The summed E-state index contributed by atoms with van der Waals surface area (Å²) < 4.78 is 4.81. The van der Waals surface area contributed by atoms with Gasteiger partial charge in [-0.3, -0.25) is 4.79 Å². The summed E-state index contributed by atoms with van der Waals surface area (Å²) in [5, 5.41) is 6.66. The Labute approximate surface area is 162 Å². The molecule has 5 nitrogen and oxygen atoms in total. The molecule has 7 heteroatoms. The van der Waals surface area contributed by atoms with E-state index in [-0.39, 0.29) is 5.91 Å². The fraction of sp³-hybridized carbons (Fsp3) is 0.263. The Hall–Kier alpha value is -2.24. The number of esters is 1. The average Bonchev–Trinajstić information content (AvgIpc) is 2.60. The normalized spacial score (nSPS) is 12.8. The van der Waals surface area contributed by atoms with Crippen LogP contribution in [0.5, 0.6) is 0 Å². The van der Waals surface area contributed by atoms with Gasteiger partial charge in [0, 0.05) is 22.2 Å². The first-order valence-corrected chi connectivity index (χ1v) is 8.79. The van der Waals surface area contributed by atoms with E-state index in [1.54, 1.807) is 25.1 Å². The van der Waals surface area contributed by atoms with Crippen molar-refractivity contribution in [3.63, 3.8) is 0 Å². The molecule has 0 radical (unpaired) electrons. The molecule has 1 amide bonds. The summed E-state index contributed by atoms with van der Waals surface area (Å²) in [5.74, 6) is -0.840. The predicted molar refractivity (Wildman–Crippen MR) is 104 cm³/mol. The number of nitrogens with one attached hydrogen (secondary N) is 2. The number of hydrogen-bond acceptors (Lipinski definition) is 4. The Kier molecular flexibility index (Phi) is 7.30. The highest BCUT2D eigenvalue weighted by molar-refractivity contribution is 6.35. The quantitative estimate of drug-likeness (QED) is 0.702. The molecule has 0 unspecified atom stereocenters. The van der Waals surface area contributed by atoms with Crippen molar-refractivity contribution in [2.24, 2.45) is 0 Å². The maximum absolute atomic E-state index is 12.5. The van der Waals surface area contributed by atoms with Crippen LogP contribution in [0.4, 0.5) is 5.69 Å². The molecule has 2 aromatic rings. The number of amides is 1. The van der Waals surface area contributed by atoms with Gasteiger partial charge in [0.1, 0.15) is 12.1 Å². The first-order valence-electron chi connectivity index (χ1n) is 8.04. The minimum Gasteiger partial charge on any atom is -0.467 e. The van der Waals surface area contributed by atoms with E-state index >= 15 is 0 Å². The molecule has 0 saturated heterocycles. The SMILES string of the molecule is COC(=O)[C@H](Cc1ccccc1)NC(=O)[C@H](C)Nc1cc(Cl)cc(Cl)c1. The highest BCUT2D eigenvalue weighted by Gasteiger charge is 2.24. The zero-order valence-electron chi connectivity index (χ0n) is 14.5. The molecular weight excluding hydrogens is 375 g/mol. The minimum absolute atomic E-state index is 0.340. The number of methoxy groups -OCH3 is 1. The van der Waals surface area contributed by atoms with E-state index in [0.717, 1.165) is 5.56 Å². The van der Waals surface area contributed by atoms with Crippen LogP contribution >= 0.6 is 23.2 Å². The van der Waals surface area contributed by atoms with Crippen molar-refractivity contribution in [3.8, 4) is 0 Å². The lowest BCUT2D eigenvalue weighted by Crippen LogP contribution is -2.48. The lowest BCUT2D eigenvalue weighted by Gasteiger charge is -2.21. The van der Waals surface area contributed by atoms with Crippen LogP contribution < -0.4 is 10.6 Å². The van der Waals surface area contributed by atoms with E-state index in [1.165, 1.54) is 7.11 Å². The molecular formula is C19H20Cl2N2O3. The van der Waals surface area contributed by atoms with Gasteiger partial charge in [0.2, 0.25) is 5.91 Å². The summed E-state index contributed by atoms with van der Waals surface area (Å²) >= 11 is 11.9. The van der Waals surface area contributed by atoms with Gasteiger partial charge >= 0.3 is 5.97 Å². The number of ether oxygens (including phenoxy) is 1. The minimum atomic E-state index is -0.776. The molecule has 2 rings (SSSR count). The first-order chi connectivity index (χ1) is 12.4. The van der Waals surface area contributed by atoms with Crippen molar-refractivity contribution in [2.45, 2.75) is 25.4 Å². The van der Waals surface area contributed by atoms with E-state index in [1.807, 2.05) is 30.3 Å². The molecule has 0 aliphatic carbocycles. The molecule has 0 aliphatic rings. The summed E-state index contributed by atoms with van der Waals surface area (Å²) in [4.78, 5) is 24.5. The van der Waals surface area contributed by atoms with Crippen molar-refractivity contribution in [1.82, 2.24) is 5.32 Å². The van der Waals surface area contributed by atoms with Crippen molar-refractivity contribution in [1.29, 1.82) is 0 Å². The van der Waals surface area contributed by atoms with Crippen molar-refractivity contribution in [2.75, 3.05) is 12.4 Å². The van der Waals surface area contributed by atoms with Crippen LogP contribution in [0.2, 0.25) is 10.0 Å². The molecule has 0 heterocycles. The van der Waals surface area contributed by atoms with Gasteiger partial charge in [0.15, 0.2) is 0 Å². The molecule has 2 N–H and O–H groups in total. The summed E-state index contributed by atoms with van der Waals surface area (Å²) in [6.45, 7) is 1.68. The van der Waals surface area contributed by atoms with E-state index in [0.29, 0.717) is 22.2 Å². The molecule has 0 saturated carbocycles. The van der Waals surface area contributed by atoms with Gasteiger partial charge in [0.05, 0.1) is 7.11 Å². The number of carbonyl (C=O) groups excluding carboxylic acids is 2.